The Bertz CT molecular complexity index is 957. The van der Waals surface area contributed by atoms with Crippen LogP contribution in [0.15, 0.2) is 42.2 Å². The second-order valence-corrected chi connectivity index (χ2v) is 8.47. The average Bonchev–Trinajstić information content (AvgIpc) is 2.94. The van der Waals surface area contributed by atoms with Crippen molar-refractivity contribution in [2.24, 2.45) is 5.41 Å². The van der Waals surface area contributed by atoms with Gasteiger partial charge < -0.3 is 9.47 Å². The molecule has 0 atom stereocenters. The van der Waals surface area contributed by atoms with E-state index in [0.29, 0.717) is 28.5 Å². The first kappa shape index (κ1) is 19.9. The van der Waals surface area contributed by atoms with Crippen LogP contribution in [0.4, 0.5) is 0 Å². The lowest BCUT2D eigenvalue weighted by atomic mass is 9.97. The minimum atomic E-state index is -0.616. The first-order valence-corrected chi connectivity index (χ1v) is 9.48. The topological polar surface area (TPSA) is 52.6 Å². The van der Waals surface area contributed by atoms with Crippen molar-refractivity contribution in [3.63, 3.8) is 0 Å². The fourth-order valence-electron chi connectivity index (χ4n) is 2.86. The minimum Gasteiger partial charge on any atom is -0.452 e. The van der Waals surface area contributed by atoms with Gasteiger partial charge in [0.1, 0.15) is 11.5 Å². The third kappa shape index (κ3) is 3.86. The SMILES string of the molecule is Cc1c(OC(=O)C(C)(C)C)ccc2c1O/C(=C\c1ccc(C(C)C)cc1)C2=O. The smallest absolute Gasteiger partial charge is 0.316 e. The number of esters is 1. The van der Waals surface area contributed by atoms with Gasteiger partial charge in [-0.15, -0.1) is 0 Å². The number of ketones is 1. The summed E-state index contributed by atoms with van der Waals surface area (Å²) < 4.78 is 11.4. The molecule has 4 heteroatoms. The Morgan fingerprint density at radius 2 is 1.71 bits per heavy atom. The molecule has 0 aliphatic carbocycles. The van der Waals surface area contributed by atoms with Gasteiger partial charge in [-0.3, -0.25) is 9.59 Å². The number of fused-ring (bicyclic) bond motifs is 1. The molecular formula is C24H26O4. The van der Waals surface area contributed by atoms with Crippen molar-refractivity contribution in [2.75, 3.05) is 0 Å². The number of carbonyl (C=O) groups is 2. The fourth-order valence-corrected chi connectivity index (χ4v) is 2.86. The fraction of sp³-hybridized carbons (Fsp3) is 0.333. The molecule has 1 aliphatic heterocycles. The Labute approximate surface area is 166 Å². The zero-order chi connectivity index (χ0) is 20.6. The molecule has 4 nitrogen and oxygen atoms in total. The number of carbonyl (C=O) groups excluding carboxylic acids is 2. The number of Topliss-reactive ketones (excluding diaryl/α,β-unsaturated/α-hetero) is 1. The maximum Gasteiger partial charge on any atom is 0.316 e. The lowest BCUT2D eigenvalue weighted by molar-refractivity contribution is -0.143. The summed E-state index contributed by atoms with van der Waals surface area (Å²) in [6, 6.07) is 11.4. The summed E-state index contributed by atoms with van der Waals surface area (Å²) >= 11 is 0. The van der Waals surface area contributed by atoms with E-state index in [-0.39, 0.29) is 17.5 Å². The predicted molar refractivity (Wildman–Crippen MR) is 110 cm³/mol. The van der Waals surface area contributed by atoms with Gasteiger partial charge >= 0.3 is 5.97 Å². The van der Waals surface area contributed by atoms with Gasteiger partial charge in [0, 0.05) is 5.56 Å². The first-order valence-electron chi connectivity index (χ1n) is 9.48. The Hall–Kier alpha value is -2.88. The van der Waals surface area contributed by atoms with E-state index >= 15 is 0 Å². The summed E-state index contributed by atoms with van der Waals surface area (Å²) in [5.41, 5.74) is 2.65. The minimum absolute atomic E-state index is 0.167. The second-order valence-electron chi connectivity index (χ2n) is 8.47. The predicted octanol–water partition coefficient (Wildman–Crippen LogP) is 5.69. The van der Waals surface area contributed by atoms with Gasteiger partial charge in [-0.1, -0.05) is 38.1 Å². The van der Waals surface area contributed by atoms with Gasteiger partial charge in [0.05, 0.1) is 11.0 Å². The summed E-state index contributed by atoms with van der Waals surface area (Å²) in [4.78, 5) is 24.9. The number of hydrogen-bond donors (Lipinski definition) is 0. The second kappa shape index (κ2) is 7.27. The maximum absolute atomic E-state index is 12.7. The number of benzene rings is 2. The monoisotopic (exact) mass is 378 g/mol. The number of hydrogen-bond acceptors (Lipinski definition) is 4. The number of rotatable bonds is 3. The molecule has 0 saturated carbocycles. The van der Waals surface area contributed by atoms with Crippen molar-refractivity contribution < 1.29 is 19.1 Å². The van der Waals surface area contributed by atoms with E-state index in [0.717, 1.165) is 5.56 Å². The van der Waals surface area contributed by atoms with Crippen LogP contribution in [0.3, 0.4) is 0 Å². The lowest BCUT2D eigenvalue weighted by Crippen LogP contribution is -2.25. The van der Waals surface area contributed by atoms with E-state index in [9.17, 15) is 9.59 Å². The van der Waals surface area contributed by atoms with E-state index in [2.05, 4.69) is 26.0 Å². The summed E-state index contributed by atoms with van der Waals surface area (Å²) in [6.45, 7) is 11.5. The molecule has 0 spiro atoms. The van der Waals surface area contributed by atoms with Crippen LogP contribution in [0.25, 0.3) is 6.08 Å². The van der Waals surface area contributed by atoms with E-state index in [1.807, 2.05) is 12.1 Å². The molecule has 0 N–H and O–H groups in total. The van der Waals surface area contributed by atoms with Gasteiger partial charge in [-0.25, -0.2) is 0 Å². The van der Waals surface area contributed by atoms with Crippen molar-refractivity contribution >= 4 is 17.8 Å². The highest BCUT2D eigenvalue weighted by atomic mass is 16.5. The van der Waals surface area contributed by atoms with Crippen LogP contribution in [0.5, 0.6) is 11.5 Å². The third-order valence-electron chi connectivity index (χ3n) is 4.75. The Kier molecular flexibility index (Phi) is 5.16. The summed E-state index contributed by atoms with van der Waals surface area (Å²) in [5.74, 6) is 1.09. The van der Waals surface area contributed by atoms with Crippen LogP contribution in [0.1, 0.15) is 67.6 Å². The van der Waals surface area contributed by atoms with E-state index in [1.54, 1.807) is 45.9 Å². The van der Waals surface area contributed by atoms with Gasteiger partial charge in [0.2, 0.25) is 5.78 Å². The molecule has 0 saturated heterocycles. The molecule has 2 aromatic rings. The molecule has 0 aromatic heterocycles. The highest BCUT2D eigenvalue weighted by Crippen LogP contribution is 2.39. The Morgan fingerprint density at radius 3 is 2.29 bits per heavy atom. The molecule has 1 aliphatic rings. The number of allylic oxidation sites excluding steroid dienone is 1. The van der Waals surface area contributed by atoms with Crippen molar-refractivity contribution in [3.8, 4) is 11.5 Å². The Morgan fingerprint density at radius 1 is 1.07 bits per heavy atom. The summed E-state index contributed by atoms with van der Waals surface area (Å²) in [6.07, 6.45) is 1.74. The molecule has 0 unspecified atom stereocenters. The van der Waals surface area contributed by atoms with Crippen LogP contribution in [0, 0.1) is 12.3 Å². The van der Waals surface area contributed by atoms with Gasteiger partial charge in [0.15, 0.2) is 5.76 Å². The van der Waals surface area contributed by atoms with Crippen molar-refractivity contribution in [3.05, 3.63) is 64.4 Å². The van der Waals surface area contributed by atoms with E-state index in [4.69, 9.17) is 9.47 Å². The van der Waals surface area contributed by atoms with Crippen LogP contribution in [-0.2, 0) is 4.79 Å². The zero-order valence-electron chi connectivity index (χ0n) is 17.3. The van der Waals surface area contributed by atoms with E-state index in [1.165, 1.54) is 5.56 Å². The molecule has 3 rings (SSSR count). The van der Waals surface area contributed by atoms with Gasteiger partial charge in [0.25, 0.3) is 0 Å². The van der Waals surface area contributed by atoms with Gasteiger partial charge in [-0.05, 0) is 62.9 Å². The standard InChI is InChI=1S/C24H26O4/c1-14(2)17-9-7-16(8-10-17)13-20-21(25)18-11-12-19(15(3)22(18)27-20)28-23(26)24(4,5)6/h7-14H,1-6H3/b20-13-. The molecule has 0 amide bonds. The van der Waals surface area contributed by atoms with Crippen LogP contribution in [0.2, 0.25) is 0 Å². The van der Waals surface area contributed by atoms with Gasteiger partial charge in [-0.2, -0.15) is 0 Å². The summed E-state index contributed by atoms with van der Waals surface area (Å²) in [7, 11) is 0. The van der Waals surface area contributed by atoms with Crippen molar-refractivity contribution in [1.29, 1.82) is 0 Å². The molecule has 2 aromatic carbocycles. The van der Waals surface area contributed by atoms with Crippen LogP contribution >= 0.6 is 0 Å². The lowest BCUT2D eigenvalue weighted by Gasteiger charge is -2.17. The highest BCUT2D eigenvalue weighted by Gasteiger charge is 2.31. The summed E-state index contributed by atoms with van der Waals surface area (Å²) in [5, 5.41) is 0. The zero-order valence-corrected chi connectivity index (χ0v) is 17.3. The molecule has 146 valence electrons. The normalized spacial score (nSPS) is 15.0. The quantitative estimate of drug-likeness (QED) is 0.391. The van der Waals surface area contributed by atoms with Crippen molar-refractivity contribution in [1.82, 2.24) is 0 Å². The molecule has 0 bridgehead atoms. The molecule has 1 heterocycles. The number of ether oxygens (including phenoxy) is 2. The molecule has 28 heavy (non-hydrogen) atoms. The third-order valence-corrected chi connectivity index (χ3v) is 4.75. The van der Waals surface area contributed by atoms with Crippen LogP contribution < -0.4 is 9.47 Å². The maximum atomic E-state index is 12.7. The van der Waals surface area contributed by atoms with E-state index < -0.39 is 5.41 Å². The largest absolute Gasteiger partial charge is 0.452 e. The molecule has 0 radical (unpaired) electrons. The first-order chi connectivity index (χ1) is 13.1. The molecule has 0 fully saturated rings. The highest BCUT2D eigenvalue weighted by molar-refractivity contribution is 6.15. The van der Waals surface area contributed by atoms with Crippen LogP contribution in [-0.4, -0.2) is 11.8 Å². The van der Waals surface area contributed by atoms with Crippen molar-refractivity contribution in [2.45, 2.75) is 47.5 Å². The molecular weight excluding hydrogens is 352 g/mol. The average molecular weight is 378 g/mol. The Balaban J connectivity index is 1.88.